The topological polar surface area (TPSA) is 24.5 Å². The average molecular weight is 276 g/mol. The Morgan fingerprint density at radius 2 is 2.05 bits per heavy atom. The second kappa shape index (κ2) is 7.65. The molecule has 1 N–H and O–H groups in total. The van der Waals surface area contributed by atoms with Gasteiger partial charge in [-0.3, -0.25) is 0 Å². The van der Waals surface area contributed by atoms with Crippen LogP contribution in [0.5, 0.6) is 0 Å². The summed E-state index contributed by atoms with van der Waals surface area (Å²) in [7, 11) is 2.18. The molecule has 112 valence electrons. The zero-order valence-electron chi connectivity index (χ0n) is 13.1. The van der Waals surface area contributed by atoms with Crippen molar-refractivity contribution >= 4 is 5.69 Å². The molecule has 1 heterocycles. The van der Waals surface area contributed by atoms with Crippen LogP contribution in [0.4, 0.5) is 5.69 Å². The molecule has 1 aromatic rings. The Morgan fingerprint density at radius 3 is 2.65 bits per heavy atom. The highest BCUT2D eigenvalue weighted by Crippen LogP contribution is 2.19. The number of rotatable bonds is 6. The summed E-state index contributed by atoms with van der Waals surface area (Å²) in [6.45, 7) is 8.24. The summed E-state index contributed by atoms with van der Waals surface area (Å²) < 4.78 is 5.56. The first-order chi connectivity index (χ1) is 9.65. The lowest BCUT2D eigenvalue weighted by molar-refractivity contribution is 0.0576. The molecule has 0 aromatic heterocycles. The zero-order chi connectivity index (χ0) is 14.4. The highest BCUT2D eigenvalue weighted by Gasteiger charge is 2.16. The highest BCUT2D eigenvalue weighted by atomic mass is 16.5. The number of hydrogen-bond acceptors (Lipinski definition) is 3. The van der Waals surface area contributed by atoms with Gasteiger partial charge in [0.25, 0.3) is 0 Å². The standard InChI is InChI=1S/C17H28N2O/c1-14(2)18-11-15-6-8-17(9-7-15)19(3)12-16-5-4-10-20-13-16/h6-9,14,16,18H,4-5,10-13H2,1-3H3. The Kier molecular flexibility index (Phi) is 5.86. The van der Waals surface area contributed by atoms with Crippen molar-refractivity contribution in [3.8, 4) is 0 Å². The van der Waals surface area contributed by atoms with E-state index < -0.39 is 0 Å². The molecule has 0 amide bonds. The van der Waals surface area contributed by atoms with Gasteiger partial charge in [-0.15, -0.1) is 0 Å². The SMILES string of the molecule is CC(C)NCc1ccc(N(C)CC2CCCOC2)cc1. The summed E-state index contributed by atoms with van der Waals surface area (Å²) in [5, 5.41) is 3.45. The third kappa shape index (κ3) is 4.80. The third-order valence-corrected chi connectivity index (χ3v) is 3.88. The molecular formula is C17H28N2O. The van der Waals surface area contributed by atoms with Crippen LogP contribution in [-0.2, 0) is 11.3 Å². The molecule has 3 heteroatoms. The van der Waals surface area contributed by atoms with Crippen molar-refractivity contribution in [1.29, 1.82) is 0 Å². The first-order valence-electron chi connectivity index (χ1n) is 7.76. The molecule has 1 aliphatic rings. The minimum atomic E-state index is 0.531. The van der Waals surface area contributed by atoms with Crippen molar-refractivity contribution in [1.82, 2.24) is 5.32 Å². The van der Waals surface area contributed by atoms with Gasteiger partial charge in [0.1, 0.15) is 0 Å². The molecular weight excluding hydrogens is 248 g/mol. The van der Waals surface area contributed by atoms with E-state index in [1.807, 2.05) is 0 Å². The fraction of sp³-hybridized carbons (Fsp3) is 0.647. The van der Waals surface area contributed by atoms with E-state index in [-0.39, 0.29) is 0 Å². The number of benzene rings is 1. The van der Waals surface area contributed by atoms with Crippen LogP contribution in [0.15, 0.2) is 24.3 Å². The number of nitrogens with one attached hydrogen (secondary N) is 1. The lowest BCUT2D eigenvalue weighted by atomic mass is 10.0. The fourth-order valence-electron chi connectivity index (χ4n) is 2.63. The highest BCUT2D eigenvalue weighted by molar-refractivity contribution is 5.46. The van der Waals surface area contributed by atoms with Gasteiger partial charge in [-0.25, -0.2) is 0 Å². The van der Waals surface area contributed by atoms with E-state index in [0.29, 0.717) is 12.0 Å². The molecule has 0 radical (unpaired) electrons. The molecule has 1 saturated heterocycles. The molecule has 20 heavy (non-hydrogen) atoms. The smallest absolute Gasteiger partial charge is 0.0511 e. The van der Waals surface area contributed by atoms with Gasteiger partial charge in [-0.1, -0.05) is 26.0 Å². The second-order valence-electron chi connectivity index (χ2n) is 6.17. The fourth-order valence-corrected chi connectivity index (χ4v) is 2.63. The summed E-state index contributed by atoms with van der Waals surface area (Å²) >= 11 is 0. The van der Waals surface area contributed by atoms with E-state index in [0.717, 1.165) is 26.3 Å². The van der Waals surface area contributed by atoms with Crippen LogP contribution in [0.3, 0.4) is 0 Å². The molecule has 1 aliphatic heterocycles. The number of hydrogen-bond donors (Lipinski definition) is 1. The Balaban J connectivity index is 1.84. The lowest BCUT2D eigenvalue weighted by Gasteiger charge is -2.28. The van der Waals surface area contributed by atoms with Crippen LogP contribution >= 0.6 is 0 Å². The maximum absolute atomic E-state index is 5.56. The lowest BCUT2D eigenvalue weighted by Crippen LogP contribution is -2.30. The third-order valence-electron chi connectivity index (χ3n) is 3.88. The molecule has 0 bridgehead atoms. The van der Waals surface area contributed by atoms with Crippen LogP contribution in [0, 0.1) is 5.92 Å². The van der Waals surface area contributed by atoms with Crippen molar-refractivity contribution in [2.24, 2.45) is 5.92 Å². The van der Waals surface area contributed by atoms with Crippen LogP contribution < -0.4 is 10.2 Å². The van der Waals surface area contributed by atoms with Crippen molar-refractivity contribution in [3.05, 3.63) is 29.8 Å². The van der Waals surface area contributed by atoms with Crippen LogP contribution in [0.25, 0.3) is 0 Å². The second-order valence-corrected chi connectivity index (χ2v) is 6.17. The van der Waals surface area contributed by atoms with Gasteiger partial charge in [-0.05, 0) is 36.5 Å². The van der Waals surface area contributed by atoms with Gasteiger partial charge in [0, 0.05) is 38.5 Å². The molecule has 0 saturated carbocycles. The van der Waals surface area contributed by atoms with Gasteiger partial charge >= 0.3 is 0 Å². The van der Waals surface area contributed by atoms with Crippen LogP contribution in [0.2, 0.25) is 0 Å². The summed E-state index contributed by atoms with van der Waals surface area (Å²) in [4.78, 5) is 2.35. The molecule has 0 spiro atoms. The summed E-state index contributed by atoms with van der Waals surface area (Å²) in [5.41, 5.74) is 2.64. The van der Waals surface area contributed by atoms with Crippen molar-refractivity contribution in [2.45, 2.75) is 39.3 Å². The van der Waals surface area contributed by atoms with Crippen molar-refractivity contribution in [3.63, 3.8) is 0 Å². The van der Waals surface area contributed by atoms with Gasteiger partial charge in [0.05, 0.1) is 6.61 Å². The van der Waals surface area contributed by atoms with Crippen LogP contribution in [-0.4, -0.2) is 32.8 Å². The number of anilines is 1. The van der Waals surface area contributed by atoms with E-state index in [2.05, 4.69) is 55.4 Å². The predicted molar refractivity (Wildman–Crippen MR) is 85.2 cm³/mol. The zero-order valence-corrected chi connectivity index (χ0v) is 13.1. The Bertz CT molecular complexity index is 382. The minimum absolute atomic E-state index is 0.531. The van der Waals surface area contributed by atoms with E-state index in [9.17, 15) is 0 Å². The summed E-state index contributed by atoms with van der Waals surface area (Å²) in [5.74, 6) is 0.677. The molecule has 1 unspecified atom stereocenters. The quantitative estimate of drug-likeness (QED) is 0.864. The van der Waals surface area contributed by atoms with Gasteiger partial charge < -0.3 is 15.0 Å². The molecule has 1 fully saturated rings. The summed E-state index contributed by atoms with van der Waals surface area (Å²) in [6.07, 6.45) is 2.50. The Morgan fingerprint density at radius 1 is 1.30 bits per heavy atom. The van der Waals surface area contributed by atoms with Gasteiger partial charge in [0.2, 0.25) is 0 Å². The molecule has 2 rings (SSSR count). The maximum Gasteiger partial charge on any atom is 0.0511 e. The Labute approximate surface area is 123 Å². The van der Waals surface area contributed by atoms with E-state index in [4.69, 9.17) is 4.74 Å². The monoisotopic (exact) mass is 276 g/mol. The van der Waals surface area contributed by atoms with Gasteiger partial charge in [-0.2, -0.15) is 0 Å². The van der Waals surface area contributed by atoms with Crippen molar-refractivity contribution in [2.75, 3.05) is 31.7 Å². The predicted octanol–water partition coefficient (Wildman–Crippen LogP) is 3.05. The largest absolute Gasteiger partial charge is 0.381 e. The first kappa shape index (κ1) is 15.3. The average Bonchev–Trinajstić information content (AvgIpc) is 2.46. The van der Waals surface area contributed by atoms with E-state index >= 15 is 0 Å². The normalized spacial score (nSPS) is 19.3. The first-order valence-corrected chi connectivity index (χ1v) is 7.76. The molecule has 1 aromatic carbocycles. The van der Waals surface area contributed by atoms with E-state index in [1.165, 1.54) is 24.1 Å². The molecule has 0 aliphatic carbocycles. The summed E-state index contributed by atoms with van der Waals surface area (Å²) in [6, 6.07) is 9.42. The molecule has 1 atom stereocenters. The number of ether oxygens (including phenoxy) is 1. The minimum Gasteiger partial charge on any atom is -0.381 e. The molecule has 3 nitrogen and oxygen atoms in total. The van der Waals surface area contributed by atoms with E-state index in [1.54, 1.807) is 0 Å². The Hall–Kier alpha value is -1.06. The number of nitrogens with zero attached hydrogens (tertiary/aromatic N) is 1. The van der Waals surface area contributed by atoms with Gasteiger partial charge in [0.15, 0.2) is 0 Å². The van der Waals surface area contributed by atoms with Crippen LogP contribution in [0.1, 0.15) is 32.3 Å². The van der Waals surface area contributed by atoms with Crippen molar-refractivity contribution < 1.29 is 4.74 Å². The maximum atomic E-state index is 5.56.